The summed E-state index contributed by atoms with van der Waals surface area (Å²) in [6.45, 7) is 9.30. The molecule has 4 aromatic carbocycles. The van der Waals surface area contributed by atoms with Gasteiger partial charge in [0.15, 0.2) is 0 Å². The lowest BCUT2D eigenvalue weighted by atomic mass is 9.87. The summed E-state index contributed by atoms with van der Waals surface area (Å²) in [5.74, 6) is 1.02. The molecule has 0 aromatic heterocycles. The predicted octanol–water partition coefficient (Wildman–Crippen LogP) is 8.53. The number of amides is 1. The summed E-state index contributed by atoms with van der Waals surface area (Å²) >= 11 is 0. The molecule has 1 saturated heterocycles. The van der Waals surface area contributed by atoms with Crippen molar-refractivity contribution < 1.29 is 23.7 Å². The minimum atomic E-state index is -0.541. The lowest BCUT2D eigenvalue weighted by molar-refractivity contribution is -0.0359. The van der Waals surface area contributed by atoms with Crippen molar-refractivity contribution in [3.8, 4) is 5.75 Å². The molecular formula is C38H45NO5. The van der Waals surface area contributed by atoms with Crippen LogP contribution in [0.25, 0.3) is 10.8 Å². The van der Waals surface area contributed by atoms with E-state index in [0.29, 0.717) is 32.9 Å². The average molecular weight is 596 g/mol. The first-order valence-electron chi connectivity index (χ1n) is 15.8. The van der Waals surface area contributed by atoms with Gasteiger partial charge in [-0.15, -0.1) is 0 Å². The molecule has 0 aliphatic carbocycles. The number of hydrogen-bond acceptors (Lipinski definition) is 5. The highest BCUT2D eigenvalue weighted by Crippen LogP contribution is 2.33. The number of fused-ring (bicyclic) bond motifs is 1. The maximum Gasteiger partial charge on any atom is 0.410 e. The molecule has 1 aliphatic rings. The fraction of sp³-hybridized carbons (Fsp3) is 0.395. The molecule has 1 aliphatic heterocycles. The van der Waals surface area contributed by atoms with E-state index in [1.165, 1.54) is 21.9 Å². The van der Waals surface area contributed by atoms with Crippen LogP contribution in [0.3, 0.4) is 0 Å². The molecule has 1 amide bonds. The van der Waals surface area contributed by atoms with Crippen LogP contribution in [-0.2, 0) is 27.4 Å². The number of likely N-dealkylation sites (tertiary alicyclic amines) is 1. The zero-order chi connectivity index (χ0) is 30.8. The number of unbranched alkanes of at least 4 members (excludes halogenated alkanes) is 1. The lowest BCUT2D eigenvalue weighted by Gasteiger charge is -2.39. The van der Waals surface area contributed by atoms with E-state index in [-0.39, 0.29) is 18.1 Å². The van der Waals surface area contributed by atoms with E-state index >= 15 is 0 Å². The number of rotatable bonds is 12. The number of hydrogen-bond donors (Lipinski definition) is 0. The second-order valence-electron chi connectivity index (χ2n) is 12.5. The predicted molar refractivity (Wildman–Crippen MR) is 175 cm³/mol. The molecule has 4 aromatic rings. The van der Waals surface area contributed by atoms with Crippen LogP contribution in [0.4, 0.5) is 4.79 Å². The van der Waals surface area contributed by atoms with Crippen LogP contribution in [0.2, 0.25) is 0 Å². The molecule has 5 rings (SSSR count). The van der Waals surface area contributed by atoms with Crippen LogP contribution in [0.1, 0.15) is 62.6 Å². The molecule has 0 saturated carbocycles. The summed E-state index contributed by atoms with van der Waals surface area (Å²) in [7, 11) is 0. The zero-order valence-corrected chi connectivity index (χ0v) is 26.2. The molecule has 0 N–H and O–H groups in total. The van der Waals surface area contributed by atoms with E-state index in [1.54, 1.807) is 4.90 Å². The summed E-state index contributed by atoms with van der Waals surface area (Å²) in [4.78, 5) is 14.7. The SMILES string of the molecule is CC(C)(C)OC(=O)N1CCC(c2ccc(OCCCCOCc3ccccc3)cc2)C(OCc2ccc3ccccc3c2)C1. The summed E-state index contributed by atoms with van der Waals surface area (Å²) in [6.07, 6.45) is 2.24. The van der Waals surface area contributed by atoms with Crippen LogP contribution < -0.4 is 4.74 Å². The highest BCUT2D eigenvalue weighted by Gasteiger charge is 2.35. The van der Waals surface area contributed by atoms with Gasteiger partial charge in [0.25, 0.3) is 0 Å². The average Bonchev–Trinajstić information content (AvgIpc) is 3.03. The van der Waals surface area contributed by atoms with Gasteiger partial charge in [-0.3, -0.25) is 0 Å². The number of carbonyl (C=O) groups excluding carboxylic acids is 1. The number of piperidine rings is 1. The van der Waals surface area contributed by atoms with Gasteiger partial charge < -0.3 is 23.8 Å². The standard InChI is InChI=1S/C38H45NO5/c1-38(2,3)44-37(40)39-22-21-35(36(26-39)43-28-30-15-16-31-13-7-8-14-33(31)25-30)32-17-19-34(20-18-32)42-24-10-9-23-41-27-29-11-5-4-6-12-29/h4-8,11-20,25,35-36H,9-10,21-24,26-28H2,1-3H3. The first-order chi connectivity index (χ1) is 21.3. The van der Waals surface area contributed by atoms with Crippen molar-refractivity contribution in [3.63, 3.8) is 0 Å². The Morgan fingerprint density at radius 2 is 1.52 bits per heavy atom. The van der Waals surface area contributed by atoms with Crippen molar-refractivity contribution in [2.75, 3.05) is 26.3 Å². The molecule has 2 unspecified atom stereocenters. The van der Waals surface area contributed by atoms with Gasteiger partial charge >= 0.3 is 6.09 Å². The van der Waals surface area contributed by atoms with Crippen LogP contribution in [0, 0.1) is 0 Å². The molecule has 1 heterocycles. The van der Waals surface area contributed by atoms with Crippen molar-refractivity contribution in [2.45, 2.75) is 70.9 Å². The Balaban J connectivity index is 1.15. The minimum Gasteiger partial charge on any atom is -0.494 e. The van der Waals surface area contributed by atoms with Gasteiger partial charge in [0.1, 0.15) is 11.4 Å². The summed E-state index contributed by atoms with van der Waals surface area (Å²) in [5.41, 5.74) is 2.96. The fourth-order valence-corrected chi connectivity index (χ4v) is 5.56. The molecule has 6 heteroatoms. The van der Waals surface area contributed by atoms with Crippen molar-refractivity contribution in [1.82, 2.24) is 4.90 Å². The minimum absolute atomic E-state index is 0.157. The Morgan fingerprint density at radius 1 is 0.795 bits per heavy atom. The summed E-state index contributed by atoms with van der Waals surface area (Å²) in [6, 6.07) is 33.4. The second-order valence-corrected chi connectivity index (χ2v) is 12.5. The van der Waals surface area contributed by atoms with E-state index in [4.69, 9.17) is 18.9 Å². The van der Waals surface area contributed by atoms with Gasteiger partial charge in [0.05, 0.1) is 32.5 Å². The fourth-order valence-electron chi connectivity index (χ4n) is 5.56. The zero-order valence-electron chi connectivity index (χ0n) is 26.2. The van der Waals surface area contributed by atoms with E-state index in [1.807, 2.05) is 51.1 Å². The van der Waals surface area contributed by atoms with Gasteiger partial charge in [-0.1, -0.05) is 78.9 Å². The quantitative estimate of drug-likeness (QED) is 0.154. The van der Waals surface area contributed by atoms with Gasteiger partial charge in [-0.25, -0.2) is 4.79 Å². The molecule has 0 radical (unpaired) electrons. The molecule has 44 heavy (non-hydrogen) atoms. The highest BCUT2D eigenvalue weighted by atomic mass is 16.6. The molecule has 232 valence electrons. The highest BCUT2D eigenvalue weighted by molar-refractivity contribution is 5.82. The van der Waals surface area contributed by atoms with E-state index in [2.05, 4.69) is 66.7 Å². The molecule has 0 spiro atoms. The van der Waals surface area contributed by atoms with Gasteiger partial charge in [0.2, 0.25) is 0 Å². The van der Waals surface area contributed by atoms with Crippen LogP contribution in [0.15, 0.2) is 97.1 Å². The maximum atomic E-state index is 12.9. The maximum absolute atomic E-state index is 12.9. The molecule has 2 atom stereocenters. The number of ether oxygens (including phenoxy) is 4. The van der Waals surface area contributed by atoms with E-state index in [0.717, 1.165) is 37.2 Å². The Hall–Kier alpha value is -3.87. The topological polar surface area (TPSA) is 57.2 Å². The number of carbonyl (C=O) groups is 1. The monoisotopic (exact) mass is 595 g/mol. The van der Waals surface area contributed by atoms with E-state index < -0.39 is 5.60 Å². The third-order valence-corrected chi connectivity index (χ3v) is 7.86. The largest absolute Gasteiger partial charge is 0.494 e. The van der Waals surface area contributed by atoms with Crippen LogP contribution in [-0.4, -0.2) is 49.0 Å². The van der Waals surface area contributed by atoms with Crippen molar-refractivity contribution in [1.29, 1.82) is 0 Å². The van der Waals surface area contributed by atoms with Gasteiger partial charge in [0, 0.05) is 19.1 Å². The second kappa shape index (κ2) is 15.2. The third-order valence-electron chi connectivity index (χ3n) is 7.86. The van der Waals surface area contributed by atoms with Crippen LogP contribution in [0.5, 0.6) is 5.75 Å². The number of benzene rings is 4. The van der Waals surface area contributed by atoms with Crippen molar-refractivity contribution in [3.05, 3.63) is 114 Å². The van der Waals surface area contributed by atoms with Crippen molar-refractivity contribution in [2.24, 2.45) is 0 Å². The first kappa shape index (κ1) is 31.6. The molecule has 1 fully saturated rings. The van der Waals surface area contributed by atoms with E-state index in [9.17, 15) is 4.79 Å². The van der Waals surface area contributed by atoms with Crippen LogP contribution >= 0.6 is 0 Å². The molecular weight excluding hydrogens is 550 g/mol. The molecule has 6 nitrogen and oxygen atoms in total. The molecule has 0 bridgehead atoms. The van der Waals surface area contributed by atoms with Gasteiger partial charge in [-0.05, 0) is 85.7 Å². The number of nitrogens with zero attached hydrogens (tertiary/aromatic N) is 1. The smallest absolute Gasteiger partial charge is 0.410 e. The Bertz CT molecular complexity index is 1460. The Kier molecular flexibility index (Phi) is 10.9. The normalized spacial score (nSPS) is 17.0. The van der Waals surface area contributed by atoms with Gasteiger partial charge in [-0.2, -0.15) is 0 Å². The Morgan fingerprint density at radius 3 is 2.30 bits per heavy atom. The summed E-state index contributed by atoms with van der Waals surface area (Å²) in [5, 5.41) is 2.40. The first-order valence-corrected chi connectivity index (χ1v) is 15.8. The Labute approximate surface area is 261 Å². The van der Waals surface area contributed by atoms with Crippen molar-refractivity contribution >= 4 is 16.9 Å². The third kappa shape index (κ3) is 9.31. The summed E-state index contributed by atoms with van der Waals surface area (Å²) < 4.78 is 24.1. The lowest BCUT2D eigenvalue weighted by Crippen LogP contribution is -2.48.